The molecule has 2 aromatic carbocycles. The standard InChI is InChI=1S/C15H14BrClN2O/c1-8-5-13(18)14(6-9(8)2)19-15(20)11-4-3-10(17)7-12(11)16/h3-7H,18H2,1-2H3,(H,19,20). The van der Waals surface area contributed by atoms with Crippen molar-refractivity contribution in [3.8, 4) is 0 Å². The summed E-state index contributed by atoms with van der Waals surface area (Å²) in [6, 6.07) is 8.73. The molecule has 0 radical (unpaired) electrons. The molecule has 104 valence electrons. The average molecular weight is 354 g/mol. The van der Waals surface area contributed by atoms with Crippen LogP contribution in [0.15, 0.2) is 34.8 Å². The molecule has 2 rings (SSSR count). The Bertz CT molecular complexity index is 686. The third-order valence-corrected chi connectivity index (χ3v) is 3.98. The lowest BCUT2D eigenvalue weighted by molar-refractivity contribution is 0.102. The van der Waals surface area contributed by atoms with Crippen LogP contribution in [0.3, 0.4) is 0 Å². The maximum absolute atomic E-state index is 12.3. The van der Waals surface area contributed by atoms with Crippen molar-refractivity contribution in [2.24, 2.45) is 0 Å². The van der Waals surface area contributed by atoms with Gasteiger partial charge in [0.25, 0.3) is 5.91 Å². The smallest absolute Gasteiger partial charge is 0.256 e. The van der Waals surface area contributed by atoms with E-state index in [1.807, 2.05) is 26.0 Å². The minimum atomic E-state index is -0.233. The quantitative estimate of drug-likeness (QED) is 0.778. The third-order valence-electron chi connectivity index (χ3n) is 3.09. The Morgan fingerprint density at radius 2 is 1.85 bits per heavy atom. The van der Waals surface area contributed by atoms with Crippen molar-refractivity contribution in [2.75, 3.05) is 11.1 Å². The zero-order chi connectivity index (χ0) is 14.9. The van der Waals surface area contributed by atoms with Gasteiger partial charge in [-0.2, -0.15) is 0 Å². The number of nitrogens with two attached hydrogens (primary N) is 1. The maximum Gasteiger partial charge on any atom is 0.256 e. The van der Waals surface area contributed by atoms with Crippen LogP contribution < -0.4 is 11.1 Å². The van der Waals surface area contributed by atoms with Crippen LogP contribution in [0.1, 0.15) is 21.5 Å². The number of nitrogens with one attached hydrogen (secondary N) is 1. The highest BCUT2D eigenvalue weighted by Gasteiger charge is 2.12. The fourth-order valence-electron chi connectivity index (χ4n) is 1.81. The predicted molar refractivity (Wildman–Crippen MR) is 87.4 cm³/mol. The van der Waals surface area contributed by atoms with Crippen molar-refractivity contribution in [1.29, 1.82) is 0 Å². The van der Waals surface area contributed by atoms with E-state index in [1.54, 1.807) is 18.2 Å². The molecule has 3 N–H and O–H groups in total. The van der Waals surface area contributed by atoms with Gasteiger partial charge in [-0.05, 0) is 71.2 Å². The first-order valence-corrected chi connectivity index (χ1v) is 7.18. The molecule has 0 aliphatic carbocycles. The number of halogens is 2. The van der Waals surface area contributed by atoms with E-state index in [2.05, 4.69) is 21.2 Å². The predicted octanol–water partition coefficient (Wildman–Crippen LogP) is 4.55. The van der Waals surface area contributed by atoms with Gasteiger partial charge in [0.1, 0.15) is 0 Å². The summed E-state index contributed by atoms with van der Waals surface area (Å²) in [5, 5.41) is 3.39. The van der Waals surface area contributed by atoms with Crippen LogP contribution >= 0.6 is 27.5 Å². The summed E-state index contributed by atoms with van der Waals surface area (Å²) < 4.78 is 0.643. The number of carbonyl (C=O) groups is 1. The van der Waals surface area contributed by atoms with Crippen LogP contribution in [0.5, 0.6) is 0 Å². The monoisotopic (exact) mass is 352 g/mol. The highest BCUT2D eigenvalue weighted by atomic mass is 79.9. The normalized spacial score (nSPS) is 10.4. The number of carbonyl (C=O) groups excluding carboxylic acids is 1. The molecular weight excluding hydrogens is 340 g/mol. The van der Waals surface area contributed by atoms with Crippen LogP contribution in [0.2, 0.25) is 5.02 Å². The number of amides is 1. The van der Waals surface area contributed by atoms with Gasteiger partial charge in [-0.25, -0.2) is 0 Å². The molecule has 0 atom stereocenters. The van der Waals surface area contributed by atoms with Gasteiger partial charge in [0, 0.05) is 9.50 Å². The van der Waals surface area contributed by atoms with E-state index in [1.165, 1.54) is 0 Å². The van der Waals surface area contributed by atoms with Gasteiger partial charge in [0.15, 0.2) is 0 Å². The van der Waals surface area contributed by atoms with E-state index in [0.29, 0.717) is 26.4 Å². The number of nitrogen functional groups attached to an aromatic ring is 1. The lowest BCUT2D eigenvalue weighted by Gasteiger charge is -2.12. The molecule has 0 unspecified atom stereocenters. The Kier molecular flexibility index (Phi) is 4.35. The van der Waals surface area contributed by atoms with Crippen molar-refractivity contribution < 1.29 is 4.79 Å². The summed E-state index contributed by atoms with van der Waals surface area (Å²) >= 11 is 9.19. The SMILES string of the molecule is Cc1cc(N)c(NC(=O)c2ccc(Cl)cc2Br)cc1C. The minimum absolute atomic E-state index is 0.233. The molecule has 3 nitrogen and oxygen atoms in total. The molecule has 0 heterocycles. The number of anilines is 2. The molecule has 0 spiro atoms. The number of aryl methyl sites for hydroxylation is 2. The Hall–Kier alpha value is -1.52. The van der Waals surface area contributed by atoms with E-state index < -0.39 is 0 Å². The largest absolute Gasteiger partial charge is 0.397 e. The molecule has 0 bridgehead atoms. The molecule has 20 heavy (non-hydrogen) atoms. The lowest BCUT2D eigenvalue weighted by atomic mass is 10.1. The summed E-state index contributed by atoms with van der Waals surface area (Å²) in [6.45, 7) is 3.95. The van der Waals surface area contributed by atoms with Gasteiger partial charge < -0.3 is 11.1 Å². The fraction of sp³-hybridized carbons (Fsp3) is 0.133. The van der Waals surface area contributed by atoms with Gasteiger partial charge in [-0.1, -0.05) is 11.6 Å². The Morgan fingerprint density at radius 3 is 2.50 bits per heavy atom. The second-order valence-electron chi connectivity index (χ2n) is 4.60. The molecule has 2 aromatic rings. The van der Waals surface area contributed by atoms with Crippen molar-refractivity contribution in [1.82, 2.24) is 0 Å². The topological polar surface area (TPSA) is 55.1 Å². The number of hydrogen-bond acceptors (Lipinski definition) is 2. The number of hydrogen-bond donors (Lipinski definition) is 2. The Morgan fingerprint density at radius 1 is 1.20 bits per heavy atom. The van der Waals surface area contributed by atoms with Crippen molar-refractivity contribution in [3.05, 3.63) is 56.5 Å². The molecule has 0 aromatic heterocycles. The van der Waals surface area contributed by atoms with E-state index >= 15 is 0 Å². The third kappa shape index (κ3) is 3.14. The van der Waals surface area contributed by atoms with Gasteiger partial charge in [-0.3, -0.25) is 4.79 Å². The molecule has 1 amide bonds. The van der Waals surface area contributed by atoms with Crippen LogP contribution in [0.25, 0.3) is 0 Å². The zero-order valence-electron chi connectivity index (χ0n) is 11.1. The molecule has 0 aliphatic rings. The molecule has 5 heteroatoms. The summed E-state index contributed by atoms with van der Waals surface area (Å²) in [5.41, 5.74) is 9.76. The van der Waals surface area contributed by atoms with Crippen LogP contribution in [-0.4, -0.2) is 5.91 Å². The Balaban J connectivity index is 2.30. The molecule has 0 saturated heterocycles. The van der Waals surface area contributed by atoms with E-state index in [4.69, 9.17) is 17.3 Å². The molecule has 0 saturated carbocycles. The van der Waals surface area contributed by atoms with Crippen LogP contribution in [-0.2, 0) is 0 Å². The van der Waals surface area contributed by atoms with Crippen molar-refractivity contribution >= 4 is 44.8 Å². The number of rotatable bonds is 2. The van der Waals surface area contributed by atoms with Crippen molar-refractivity contribution in [3.63, 3.8) is 0 Å². The average Bonchev–Trinajstić information content (AvgIpc) is 2.35. The van der Waals surface area contributed by atoms with Crippen LogP contribution in [0, 0.1) is 13.8 Å². The second-order valence-corrected chi connectivity index (χ2v) is 5.89. The fourth-order valence-corrected chi connectivity index (χ4v) is 2.67. The summed E-state index contributed by atoms with van der Waals surface area (Å²) in [6.07, 6.45) is 0. The number of benzene rings is 2. The maximum atomic E-state index is 12.3. The van der Waals surface area contributed by atoms with Gasteiger partial charge in [0.05, 0.1) is 16.9 Å². The summed E-state index contributed by atoms with van der Waals surface area (Å²) in [5.74, 6) is -0.233. The highest BCUT2D eigenvalue weighted by Crippen LogP contribution is 2.26. The Labute approximate surface area is 131 Å². The first kappa shape index (κ1) is 14.9. The van der Waals surface area contributed by atoms with E-state index in [-0.39, 0.29) is 5.91 Å². The first-order chi connectivity index (χ1) is 9.38. The first-order valence-electron chi connectivity index (χ1n) is 6.01. The lowest BCUT2D eigenvalue weighted by Crippen LogP contribution is -2.14. The molecule has 0 fully saturated rings. The summed E-state index contributed by atoms with van der Waals surface area (Å²) in [7, 11) is 0. The summed E-state index contributed by atoms with van der Waals surface area (Å²) in [4.78, 5) is 12.3. The van der Waals surface area contributed by atoms with Crippen molar-refractivity contribution in [2.45, 2.75) is 13.8 Å². The highest BCUT2D eigenvalue weighted by molar-refractivity contribution is 9.10. The molecule has 0 aliphatic heterocycles. The van der Waals surface area contributed by atoms with E-state index in [0.717, 1.165) is 11.1 Å². The van der Waals surface area contributed by atoms with Gasteiger partial charge in [-0.15, -0.1) is 0 Å². The van der Waals surface area contributed by atoms with E-state index in [9.17, 15) is 4.79 Å². The minimum Gasteiger partial charge on any atom is -0.397 e. The van der Waals surface area contributed by atoms with Gasteiger partial charge in [0.2, 0.25) is 0 Å². The van der Waals surface area contributed by atoms with Crippen LogP contribution in [0.4, 0.5) is 11.4 Å². The second kappa shape index (κ2) is 5.85. The molecular formula is C15H14BrClN2O. The van der Waals surface area contributed by atoms with Gasteiger partial charge >= 0.3 is 0 Å². The zero-order valence-corrected chi connectivity index (χ0v) is 13.5.